The maximum atomic E-state index is 12.8. The van der Waals surface area contributed by atoms with Gasteiger partial charge < -0.3 is 4.74 Å². The molecule has 76 valence electrons. The zero-order chi connectivity index (χ0) is 10.7. The molecule has 0 saturated carbocycles. The smallest absolute Gasteiger partial charge is 0.388 e. The van der Waals surface area contributed by atoms with E-state index in [4.69, 9.17) is 11.6 Å². The maximum absolute atomic E-state index is 12.8. The number of pyridine rings is 1. The van der Waals surface area contributed by atoms with Crippen LogP contribution in [0.3, 0.4) is 0 Å². The molecule has 0 fully saturated rings. The molecule has 0 N–H and O–H groups in total. The second-order valence-electron chi connectivity index (χ2n) is 2.14. The summed E-state index contributed by atoms with van der Waals surface area (Å²) >= 11 is 4.96. The van der Waals surface area contributed by atoms with Crippen molar-refractivity contribution in [2.24, 2.45) is 0 Å². The van der Waals surface area contributed by atoms with E-state index in [9.17, 15) is 18.0 Å². The SMILES string of the molecule is O=C(Cl)c1ccc(OC(F)F)nc1F. The van der Waals surface area contributed by atoms with Gasteiger partial charge in [0, 0.05) is 6.07 Å². The minimum Gasteiger partial charge on any atom is -0.417 e. The van der Waals surface area contributed by atoms with Crippen molar-refractivity contribution in [2.75, 3.05) is 0 Å². The Hall–Kier alpha value is -1.30. The molecule has 0 aromatic carbocycles. The number of carbonyl (C=O) groups is 1. The van der Waals surface area contributed by atoms with Gasteiger partial charge in [0.05, 0.1) is 5.56 Å². The molecule has 14 heavy (non-hydrogen) atoms. The van der Waals surface area contributed by atoms with E-state index in [2.05, 4.69) is 9.72 Å². The van der Waals surface area contributed by atoms with E-state index in [0.717, 1.165) is 12.1 Å². The first-order chi connectivity index (χ1) is 6.50. The fourth-order valence-electron chi connectivity index (χ4n) is 0.721. The predicted molar refractivity (Wildman–Crippen MR) is 41.0 cm³/mol. The van der Waals surface area contributed by atoms with Gasteiger partial charge in [0.15, 0.2) is 0 Å². The number of aromatic nitrogens is 1. The van der Waals surface area contributed by atoms with Gasteiger partial charge in [0.2, 0.25) is 11.8 Å². The molecular weight excluding hydrogens is 223 g/mol. The van der Waals surface area contributed by atoms with Crippen molar-refractivity contribution < 1.29 is 22.7 Å². The van der Waals surface area contributed by atoms with Crippen molar-refractivity contribution in [1.29, 1.82) is 0 Å². The Morgan fingerprint density at radius 2 is 2.14 bits per heavy atom. The van der Waals surface area contributed by atoms with Crippen LogP contribution in [0, 0.1) is 5.95 Å². The second kappa shape index (κ2) is 4.28. The summed E-state index contributed by atoms with van der Waals surface area (Å²) in [6, 6.07) is 1.83. The highest BCUT2D eigenvalue weighted by molar-refractivity contribution is 6.67. The minimum absolute atomic E-state index is 0.492. The van der Waals surface area contributed by atoms with Crippen LogP contribution < -0.4 is 4.74 Å². The molecule has 3 nitrogen and oxygen atoms in total. The average molecular weight is 226 g/mol. The van der Waals surface area contributed by atoms with Crippen molar-refractivity contribution in [3.8, 4) is 5.88 Å². The summed E-state index contributed by atoms with van der Waals surface area (Å²) in [6.45, 7) is -3.10. The summed E-state index contributed by atoms with van der Waals surface area (Å²) in [6.07, 6.45) is 0. The van der Waals surface area contributed by atoms with E-state index < -0.39 is 29.2 Å². The number of carbonyl (C=O) groups excluding carboxylic acids is 1. The van der Waals surface area contributed by atoms with Gasteiger partial charge in [-0.25, -0.2) is 0 Å². The molecule has 0 aliphatic rings. The molecule has 0 radical (unpaired) electrons. The first kappa shape index (κ1) is 10.8. The lowest BCUT2D eigenvalue weighted by molar-refractivity contribution is -0.0532. The van der Waals surface area contributed by atoms with Crippen molar-refractivity contribution in [3.63, 3.8) is 0 Å². The summed E-state index contributed by atoms with van der Waals surface area (Å²) < 4.78 is 39.9. The van der Waals surface area contributed by atoms with Crippen LogP contribution in [0.1, 0.15) is 10.4 Å². The molecule has 0 aliphatic carbocycles. The number of hydrogen-bond donors (Lipinski definition) is 0. The fraction of sp³-hybridized carbons (Fsp3) is 0.143. The van der Waals surface area contributed by atoms with Crippen molar-refractivity contribution in [1.82, 2.24) is 4.98 Å². The number of hydrogen-bond acceptors (Lipinski definition) is 3. The molecule has 0 bridgehead atoms. The predicted octanol–water partition coefficient (Wildman–Crippen LogP) is 2.20. The Morgan fingerprint density at radius 3 is 2.57 bits per heavy atom. The largest absolute Gasteiger partial charge is 0.417 e. The van der Waals surface area contributed by atoms with Crippen LogP contribution in [0.5, 0.6) is 5.88 Å². The Morgan fingerprint density at radius 1 is 1.50 bits per heavy atom. The highest BCUT2D eigenvalue weighted by Crippen LogP contribution is 2.15. The first-order valence-electron chi connectivity index (χ1n) is 3.32. The lowest BCUT2D eigenvalue weighted by Crippen LogP contribution is -2.06. The summed E-state index contributed by atoms with van der Waals surface area (Å²) in [4.78, 5) is 13.5. The van der Waals surface area contributed by atoms with E-state index >= 15 is 0 Å². The summed E-state index contributed by atoms with van der Waals surface area (Å²) in [5.74, 6) is -1.86. The highest BCUT2D eigenvalue weighted by Gasteiger charge is 2.13. The van der Waals surface area contributed by atoms with Gasteiger partial charge in [-0.3, -0.25) is 4.79 Å². The second-order valence-corrected chi connectivity index (χ2v) is 2.48. The molecular formula is C7H3ClF3NO2. The lowest BCUT2D eigenvalue weighted by Gasteiger charge is -2.03. The number of ether oxygens (including phenoxy) is 1. The van der Waals surface area contributed by atoms with Gasteiger partial charge in [-0.05, 0) is 17.7 Å². The quantitative estimate of drug-likeness (QED) is 0.585. The van der Waals surface area contributed by atoms with E-state index in [1.54, 1.807) is 0 Å². The van der Waals surface area contributed by atoms with Gasteiger partial charge >= 0.3 is 6.61 Å². The number of nitrogens with zero attached hydrogens (tertiary/aromatic N) is 1. The molecule has 0 amide bonds. The van der Waals surface area contributed by atoms with Gasteiger partial charge in [0.1, 0.15) is 0 Å². The molecule has 7 heteroatoms. The zero-order valence-corrected chi connectivity index (χ0v) is 7.26. The Balaban J connectivity index is 2.94. The fourth-order valence-corrected chi connectivity index (χ4v) is 0.862. The Kier molecular flexibility index (Phi) is 3.29. The van der Waals surface area contributed by atoms with Crippen LogP contribution in [0.2, 0.25) is 0 Å². The third-order valence-electron chi connectivity index (χ3n) is 1.24. The van der Waals surface area contributed by atoms with Gasteiger partial charge in [-0.1, -0.05) is 0 Å². The molecule has 0 saturated heterocycles. The van der Waals surface area contributed by atoms with E-state index in [-0.39, 0.29) is 0 Å². The summed E-state index contributed by atoms with van der Waals surface area (Å²) in [7, 11) is 0. The molecule has 0 unspecified atom stereocenters. The van der Waals surface area contributed by atoms with Crippen LogP contribution in [-0.4, -0.2) is 16.8 Å². The Bertz CT molecular complexity index is 359. The molecule has 0 spiro atoms. The topological polar surface area (TPSA) is 39.2 Å². The third-order valence-corrected chi connectivity index (χ3v) is 1.45. The average Bonchev–Trinajstić information content (AvgIpc) is 2.01. The van der Waals surface area contributed by atoms with Crippen LogP contribution >= 0.6 is 11.6 Å². The summed E-state index contributed by atoms with van der Waals surface area (Å²) in [5, 5.41) is -1.06. The van der Waals surface area contributed by atoms with Gasteiger partial charge in [-0.15, -0.1) is 0 Å². The molecule has 1 aromatic heterocycles. The molecule has 0 aliphatic heterocycles. The summed E-state index contributed by atoms with van der Waals surface area (Å²) in [5.41, 5.74) is -0.492. The van der Waals surface area contributed by atoms with E-state index in [0.29, 0.717) is 0 Å². The minimum atomic E-state index is -3.10. The number of rotatable bonds is 3. The molecule has 1 heterocycles. The third kappa shape index (κ3) is 2.59. The van der Waals surface area contributed by atoms with Gasteiger partial charge in [-0.2, -0.15) is 18.2 Å². The zero-order valence-electron chi connectivity index (χ0n) is 6.51. The Labute approximate surface area is 81.5 Å². The number of alkyl halides is 2. The first-order valence-corrected chi connectivity index (χ1v) is 3.69. The standard InChI is InChI=1S/C7H3ClF3NO2/c8-5(13)3-1-2-4(12-6(3)9)14-7(10)11/h1-2,7H. The van der Waals surface area contributed by atoms with Crippen LogP contribution in [-0.2, 0) is 0 Å². The van der Waals surface area contributed by atoms with Crippen LogP contribution in [0.25, 0.3) is 0 Å². The molecule has 1 rings (SSSR count). The van der Waals surface area contributed by atoms with Crippen molar-refractivity contribution in [2.45, 2.75) is 6.61 Å². The van der Waals surface area contributed by atoms with E-state index in [1.807, 2.05) is 0 Å². The lowest BCUT2D eigenvalue weighted by atomic mass is 10.3. The van der Waals surface area contributed by atoms with Crippen LogP contribution in [0.15, 0.2) is 12.1 Å². The molecule has 0 atom stereocenters. The maximum Gasteiger partial charge on any atom is 0.388 e. The van der Waals surface area contributed by atoms with Crippen LogP contribution in [0.4, 0.5) is 13.2 Å². The normalized spacial score (nSPS) is 10.4. The van der Waals surface area contributed by atoms with Crippen molar-refractivity contribution >= 4 is 16.8 Å². The van der Waals surface area contributed by atoms with E-state index in [1.165, 1.54) is 0 Å². The number of halogens is 4. The van der Waals surface area contributed by atoms with Crippen molar-refractivity contribution in [3.05, 3.63) is 23.6 Å². The van der Waals surface area contributed by atoms with Gasteiger partial charge in [0.25, 0.3) is 5.24 Å². The molecule has 1 aromatic rings. The highest BCUT2D eigenvalue weighted by atomic mass is 35.5. The monoisotopic (exact) mass is 225 g/mol.